The fourth-order valence-electron chi connectivity index (χ4n) is 2.91. The van der Waals surface area contributed by atoms with Gasteiger partial charge < -0.3 is 15.8 Å². The van der Waals surface area contributed by atoms with Gasteiger partial charge in [0.05, 0.1) is 12.8 Å². The molecular formula is C22H22N4OS2. The predicted molar refractivity (Wildman–Crippen MR) is 123 cm³/mol. The molecule has 0 atom stereocenters. The summed E-state index contributed by atoms with van der Waals surface area (Å²) in [4.78, 5) is 10.1. The number of hydrogen-bond donors (Lipinski definition) is 2. The van der Waals surface area contributed by atoms with Crippen molar-refractivity contribution in [1.82, 2.24) is 9.97 Å². The van der Waals surface area contributed by atoms with Crippen LogP contribution in [0.2, 0.25) is 0 Å². The summed E-state index contributed by atoms with van der Waals surface area (Å²) in [6.07, 6.45) is 0. The van der Waals surface area contributed by atoms with Crippen LogP contribution in [-0.4, -0.2) is 17.1 Å². The smallest absolute Gasteiger partial charge is 0.189 e. The molecule has 0 fully saturated rings. The molecule has 148 valence electrons. The summed E-state index contributed by atoms with van der Waals surface area (Å²) in [5.41, 5.74) is 10.4. The van der Waals surface area contributed by atoms with Crippen molar-refractivity contribution in [1.29, 1.82) is 0 Å². The number of thiazole rings is 2. The van der Waals surface area contributed by atoms with E-state index in [0.29, 0.717) is 11.7 Å². The van der Waals surface area contributed by atoms with E-state index in [9.17, 15) is 0 Å². The van der Waals surface area contributed by atoms with Gasteiger partial charge in [0.2, 0.25) is 0 Å². The van der Waals surface area contributed by atoms with Crippen LogP contribution in [0, 0.1) is 0 Å². The zero-order valence-electron chi connectivity index (χ0n) is 16.5. The summed E-state index contributed by atoms with van der Waals surface area (Å²) < 4.78 is 5.31. The van der Waals surface area contributed by atoms with E-state index in [-0.39, 0.29) is 0 Å². The molecule has 0 amide bonds. The summed E-state index contributed by atoms with van der Waals surface area (Å²) in [7, 11) is 1.66. The van der Waals surface area contributed by atoms with E-state index in [1.54, 1.807) is 18.4 Å². The second-order valence-corrected chi connectivity index (χ2v) is 8.76. The van der Waals surface area contributed by atoms with Crippen LogP contribution in [0.1, 0.15) is 25.3 Å². The Morgan fingerprint density at radius 3 is 2.59 bits per heavy atom. The van der Waals surface area contributed by atoms with Gasteiger partial charge in [0, 0.05) is 16.6 Å². The third-order valence-corrected chi connectivity index (χ3v) is 6.53. The zero-order chi connectivity index (χ0) is 20.4. The normalized spacial score (nSPS) is 11.0. The monoisotopic (exact) mass is 422 g/mol. The molecule has 0 bridgehead atoms. The van der Waals surface area contributed by atoms with Gasteiger partial charge in [-0.3, -0.25) is 0 Å². The minimum atomic E-state index is 0.489. The van der Waals surface area contributed by atoms with Crippen molar-refractivity contribution < 1.29 is 4.74 Å². The Bertz CT molecular complexity index is 1120. The van der Waals surface area contributed by atoms with Crippen molar-refractivity contribution in [3.05, 3.63) is 59.5 Å². The number of nitrogens with two attached hydrogens (primary N) is 1. The van der Waals surface area contributed by atoms with Gasteiger partial charge in [-0.05, 0) is 35.7 Å². The Labute approximate surface area is 178 Å². The Morgan fingerprint density at radius 1 is 1.07 bits per heavy atom. The van der Waals surface area contributed by atoms with E-state index >= 15 is 0 Å². The molecule has 5 nitrogen and oxygen atoms in total. The molecule has 29 heavy (non-hydrogen) atoms. The Morgan fingerprint density at radius 2 is 1.86 bits per heavy atom. The van der Waals surface area contributed by atoms with Gasteiger partial charge in [0.25, 0.3) is 0 Å². The SMILES string of the molecule is COc1cccc(-c2csc(-c3sc(Nc4ccc(C(C)C)cc4)nc3N)n2)c1. The summed E-state index contributed by atoms with van der Waals surface area (Å²) >= 11 is 3.07. The highest BCUT2D eigenvalue weighted by atomic mass is 32.1. The first-order valence-corrected chi connectivity index (χ1v) is 11.0. The number of anilines is 3. The average molecular weight is 423 g/mol. The maximum Gasteiger partial charge on any atom is 0.189 e. The van der Waals surface area contributed by atoms with E-state index in [0.717, 1.165) is 37.7 Å². The Kier molecular flexibility index (Phi) is 5.51. The average Bonchev–Trinajstić information content (AvgIpc) is 3.35. The molecule has 2 heterocycles. The molecule has 0 unspecified atom stereocenters. The maximum atomic E-state index is 6.19. The lowest BCUT2D eigenvalue weighted by Crippen LogP contribution is -1.92. The summed E-state index contributed by atoms with van der Waals surface area (Å²) in [6.45, 7) is 4.37. The molecule has 0 radical (unpaired) electrons. The third-order valence-electron chi connectivity index (χ3n) is 4.55. The third kappa shape index (κ3) is 4.26. The molecule has 0 aliphatic rings. The van der Waals surface area contributed by atoms with E-state index in [1.165, 1.54) is 16.9 Å². The number of hydrogen-bond acceptors (Lipinski definition) is 7. The molecule has 0 saturated carbocycles. The number of rotatable bonds is 6. The fourth-order valence-corrected chi connectivity index (χ4v) is 4.74. The minimum Gasteiger partial charge on any atom is -0.497 e. The van der Waals surface area contributed by atoms with Crippen LogP contribution in [0.25, 0.3) is 21.1 Å². The number of nitrogen functional groups attached to an aromatic ring is 1. The largest absolute Gasteiger partial charge is 0.497 e. The summed E-state index contributed by atoms with van der Waals surface area (Å²) in [5, 5.41) is 6.99. The topological polar surface area (TPSA) is 73.1 Å². The second-order valence-electron chi connectivity index (χ2n) is 6.90. The predicted octanol–water partition coefficient (Wildman–Crippen LogP) is 6.39. The Balaban J connectivity index is 1.56. The maximum absolute atomic E-state index is 6.19. The van der Waals surface area contributed by atoms with Crippen molar-refractivity contribution in [2.45, 2.75) is 19.8 Å². The van der Waals surface area contributed by atoms with Crippen LogP contribution < -0.4 is 15.8 Å². The van der Waals surface area contributed by atoms with Crippen molar-refractivity contribution in [2.75, 3.05) is 18.2 Å². The van der Waals surface area contributed by atoms with Gasteiger partial charge in [-0.15, -0.1) is 11.3 Å². The lowest BCUT2D eigenvalue weighted by atomic mass is 10.0. The highest BCUT2D eigenvalue weighted by Crippen LogP contribution is 2.39. The van der Waals surface area contributed by atoms with Gasteiger partial charge in [-0.25, -0.2) is 9.97 Å². The number of aromatic nitrogens is 2. The molecule has 3 N–H and O–H groups in total. The molecule has 2 aromatic heterocycles. The summed E-state index contributed by atoms with van der Waals surface area (Å²) in [6, 6.07) is 16.3. The quantitative estimate of drug-likeness (QED) is 0.376. The van der Waals surface area contributed by atoms with Gasteiger partial charge in [0.15, 0.2) is 5.13 Å². The van der Waals surface area contributed by atoms with Gasteiger partial charge in [-0.2, -0.15) is 0 Å². The van der Waals surface area contributed by atoms with Crippen LogP contribution in [0.5, 0.6) is 5.75 Å². The highest BCUT2D eigenvalue weighted by Gasteiger charge is 2.15. The lowest BCUT2D eigenvalue weighted by molar-refractivity contribution is 0.415. The molecular weight excluding hydrogens is 400 g/mol. The van der Waals surface area contributed by atoms with Crippen molar-refractivity contribution in [3.63, 3.8) is 0 Å². The van der Waals surface area contributed by atoms with Crippen molar-refractivity contribution in [3.8, 4) is 26.9 Å². The van der Waals surface area contributed by atoms with Crippen LogP contribution >= 0.6 is 22.7 Å². The molecule has 4 rings (SSSR count). The van der Waals surface area contributed by atoms with E-state index < -0.39 is 0 Å². The molecule has 7 heteroatoms. The van der Waals surface area contributed by atoms with E-state index in [4.69, 9.17) is 15.5 Å². The van der Waals surface area contributed by atoms with E-state index in [2.05, 4.69) is 48.4 Å². The van der Waals surface area contributed by atoms with Crippen molar-refractivity contribution >= 4 is 39.3 Å². The molecule has 0 aliphatic carbocycles. The number of methoxy groups -OCH3 is 1. The molecule has 0 aliphatic heterocycles. The number of nitrogens with zero attached hydrogens (tertiary/aromatic N) is 2. The van der Waals surface area contributed by atoms with Crippen LogP contribution in [0.3, 0.4) is 0 Å². The van der Waals surface area contributed by atoms with Crippen LogP contribution in [-0.2, 0) is 0 Å². The van der Waals surface area contributed by atoms with Crippen LogP contribution in [0.15, 0.2) is 53.9 Å². The summed E-state index contributed by atoms with van der Waals surface area (Å²) in [5.74, 6) is 1.81. The molecule has 4 aromatic rings. The zero-order valence-corrected chi connectivity index (χ0v) is 18.1. The minimum absolute atomic E-state index is 0.489. The first-order valence-electron chi connectivity index (χ1n) is 9.27. The van der Waals surface area contributed by atoms with E-state index in [1.807, 2.05) is 29.6 Å². The Hall–Kier alpha value is -2.90. The number of benzene rings is 2. The number of ether oxygens (including phenoxy) is 1. The fraction of sp³-hybridized carbons (Fsp3) is 0.182. The first-order chi connectivity index (χ1) is 14.0. The number of nitrogens with one attached hydrogen (secondary N) is 1. The van der Waals surface area contributed by atoms with Gasteiger partial charge in [-0.1, -0.05) is 49.4 Å². The van der Waals surface area contributed by atoms with Crippen LogP contribution in [0.4, 0.5) is 16.6 Å². The second kappa shape index (κ2) is 8.23. The standard InChI is InChI=1S/C22H22N4OS2/c1-13(2)14-7-9-16(10-8-14)24-22-26-20(23)19(29-22)21-25-18(12-28-21)15-5-4-6-17(11-15)27-3/h4-13H,23H2,1-3H3,(H,24,26). The molecule has 2 aromatic carbocycles. The van der Waals surface area contributed by atoms with Crippen molar-refractivity contribution in [2.24, 2.45) is 0 Å². The van der Waals surface area contributed by atoms with Gasteiger partial charge in [0.1, 0.15) is 21.5 Å². The van der Waals surface area contributed by atoms with Gasteiger partial charge >= 0.3 is 0 Å². The lowest BCUT2D eigenvalue weighted by Gasteiger charge is -2.07. The first kappa shape index (κ1) is 19.4. The molecule has 0 spiro atoms. The molecule has 0 saturated heterocycles. The highest BCUT2D eigenvalue weighted by molar-refractivity contribution is 7.23.